The van der Waals surface area contributed by atoms with E-state index in [1.807, 2.05) is 0 Å². The lowest BCUT2D eigenvalue weighted by atomic mass is 9.96. The van der Waals surface area contributed by atoms with Gasteiger partial charge in [-0.1, -0.05) is 39.0 Å². The molecule has 1 N–H and O–H groups in total. The summed E-state index contributed by atoms with van der Waals surface area (Å²) in [6.45, 7) is 2.96. The molecule has 0 bridgehead atoms. The lowest BCUT2D eigenvalue weighted by molar-refractivity contribution is 0.291. The van der Waals surface area contributed by atoms with Crippen molar-refractivity contribution >= 4 is 10.1 Å². The summed E-state index contributed by atoms with van der Waals surface area (Å²) in [6.07, 6.45) is 9.01. The number of hydrogen-bond acceptors (Lipinski definition) is 4. The highest BCUT2D eigenvalue weighted by molar-refractivity contribution is 7.86. The number of unbranched alkanes of at least 4 members (excludes halogenated alkanes) is 2. The van der Waals surface area contributed by atoms with Crippen LogP contribution in [0.1, 0.15) is 58.3 Å². The highest BCUT2D eigenvalue weighted by Gasteiger charge is 2.13. The first kappa shape index (κ1) is 15.9. The molecule has 0 heterocycles. The largest absolute Gasteiger partial charge is 0.312 e. The van der Waals surface area contributed by atoms with Crippen molar-refractivity contribution in [3.8, 4) is 0 Å². The zero-order valence-corrected chi connectivity index (χ0v) is 12.3. The molecule has 5 heteroatoms. The van der Waals surface area contributed by atoms with E-state index in [0.717, 1.165) is 12.8 Å². The number of hydrogen-bond donors (Lipinski definition) is 1. The molecular weight excluding hydrogens is 250 g/mol. The van der Waals surface area contributed by atoms with Crippen LogP contribution in [0.5, 0.6) is 0 Å². The Bertz CT molecular complexity index is 297. The Balaban J connectivity index is 2.05. The summed E-state index contributed by atoms with van der Waals surface area (Å²) in [5, 5.41) is 3.37. The molecule has 0 aromatic rings. The zero-order chi connectivity index (χ0) is 13.3. The van der Waals surface area contributed by atoms with E-state index in [4.69, 9.17) is 4.18 Å². The van der Waals surface area contributed by atoms with Gasteiger partial charge in [0.1, 0.15) is 0 Å². The summed E-state index contributed by atoms with van der Waals surface area (Å²) >= 11 is 0. The molecule has 0 unspecified atom stereocenters. The van der Waals surface area contributed by atoms with Crippen LogP contribution in [0.3, 0.4) is 0 Å². The van der Waals surface area contributed by atoms with Crippen molar-refractivity contribution in [3.05, 3.63) is 0 Å². The maximum atomic E-state index is 11.5. The van der Waals surface area contributed by atoms with Crippen LogP contribution in [0.4, 0.5) is 0 Å². The SMILES string of the molecule is CCCCCS(=O)(=O)OCCNC1CCCCC1. The number of rotatable bonds is 9. The summed E-state index contributed by atoms with van der Waals surface area (Å²) in [4.78, 5) is 0. The van der Waals surface area contributed by atoms with E-state index in [9.17, 15) is 8.42 Å². The zero-order valence-electron chi connectivity index (χ0n) is 11.5. The molecule has 0 spiro atoms. The predicted octanol–water partition coefficient (Wildman–Crippen LogP) is 2.45. The fourth-order valence-corrected chi connectivity index (χ4v) is 3.34. The van der Waals surface area contributed by atoms with E-state index in [1.165, 1.54) is 32.1 Å². The molecule has 0 aromatic heterocycles. The molecular formula is C13H27NO3S. The second-order valence-corrected chi connectivity index (χ2v) is 6.84. The van der Waals surface area contributed by atoms with Crippen LogP contribution < -0.4 is 5.32 Å². The minimum absolute atomic E-state index is 0.157. The second kappa shape index (κ2) is 8.88. The van der Waals surface area contributed by atoms with Crippen molar-refractivity contribution < 1.29 is 12.6 Å². The van der Waals surface area contributed by atoms with Crippen molar-refractivity contribution in [3.63, 3.8) is 0 Å². The van der Waals surface area contributed by atoms with E-state index in [1.54, 1.807) is 0 Å². The van der Waals surface area contributed by atoms with Crippen LogP contribution >= 0.6 is 0 Å². The van der Waals surface area contributed by atoms with Gasteiger partial charge in [0.05, 0.1) is 12.4 Å². The summed E-state index contributed by atoms with van der Waals surface area (Å²) in [6, 6.07) is 0.560. The first-order valence-electron chi connectivity index (χ1n) is 7.24. The van der Waals surface area contributed by atoms with Crippen molar-refractivity contribution in [1.82, 2.24) is 5.32 Å². The monoisotopic (exact) mass is 277 g/mol. The maximum absolute atomic E-state index is 11.5. The van der Waals surface area contributed by atoms with Crippen LogP contribution in [0, 0.1) is 0 Å². The lowest BCUT2D eigenvalue weighted by Crippen LogP contribution is -2.34. The topological polar surface area (TPSA) is 55.4 Å². The molecule has 18 heavy (non-hydrogen) atoms. The van der Waals surface area contributed by atoms with Gasteiger partial charge in [-0.3, -0.25) is 4.18 Å². The Hall–Kier alpha value is -0.130. The van der Waals surface area contributed by atoms with Crippen molar-refractivity contribution in [1.29, 1.82) is 0 Å². The van der Waals surface area contributed by atoms with Gasteiger partial charge in [0, 0.05) is 12.6 Å². The van der Waals surface area contributed by atoms with E-state index >= 15 is 0 Å². The highest BCUT2D eigenvalue weighted by atomic mass is 32.2. The van der Waals surface area contributed by atoms with E-state index in [2.05, 4.69) is 12.2 Å². The Morgan fingerprint density at radius 1 is 1.17 bits per heavy atom. The molecule has 0 amide bonds. The molecule has 0 aliphatic heterocycles. The van der Waals surface area contributed by atoms with Gasteiger partial charge in [-0.05, 0) is 19.3 Å². The fourth-order valence-electron chi connectivity index (χ4n) is 2.33. The number of nitrogens with one attached hydrogen (secondary N) is 1. The van der Waals surface area contributed by atoms with Gasteiger partial charge in [0.25, 0.3) is 10.1 Å². The minimum Gasteiger partial charge on any atom is -0.312 e. The van der Waals surface area contributed by atoms with Crippen LogP contribution in [0.2, 0.25) is 0 Å². The van der Waals surface area contributed by atoms with Crippen LogP contribution in [-0.4, -0.2) is 33.4 Å². The summed E-state index contributed by atoms with van der Waals surface area (Å²) < 4.78 is 28.0. The highest BCUT2D eigenvalue weighted by Crippen LogP contribution is 2.16. The van der Waals surface area contributed by atoms with Gasteiger partial charge >= 0.3 is 0 Å². The van der Waals surface area contributed by atoms with E-state index in [-0.39, 0.29) is 12.4 Å². The third-order valence-electron chi connectivity index (χ3n) is 3.40. The molecule has 1 aliphatic rings. The molecule has 4 nitrogen and oxygen atoms in total. The van der Waals surface area contributed by atoms with Crippen LogP contribution in [0.15, 0.2) is 0 Å². The molecule has 1 rings (SSSR count). The fraction of sp³-hybridized carbons (Fsp3) is 1.00. The molecule has 108 valence electrons. The molecule has 0 saturated heterocycles. The quantitative estimate of drug-likeness (QED) is 0.519. The first-order chi connectivity index (χ1) is 8.64. The van der Waals surface area contributed by atoms with Crippen LogP contribution in [0.25, 0.3) is 0 Å². The van der Waals surface area contributed by atoms with Crippen LogP contribution in [-0.2, 0) is 14.3 Å². The second-order valence-electron chi connectivity index (χ2n) is 5.08. The Morgan fingerprint density at radius 3 is 2.56 bits per heavy atom. The van der Waals surface area contributed by atoms with Gasteiger partial charge in [-0.15, -0.1) is 0 Å². The van der Waals surface area contributed by atoms with E-state index < -0.39 is 10.1 Å². The van der Waals surface area contributed by atoms with Gasteiger partial charge in [0.2, 0.25) is 0 Å². The summed E-state index contributed by atoms with van der Waals surface area (Å²) in [5.41, 5.74) is 0. The molecule has 0 radical (unpaired) electrons. The Morgan fingerprint density at radius 2 is 1.89 bits per heavy atom. The summed E-state index contributed by atoms with van der Waals surface area (Å²) in [7, 11) is -3.30. The van der Waals surface area contributed by atoms with E-state index in [0.29, 0.717) is 19.0 Å². The van der Waals surface area contributed by atoms with Gasteiger partial charge in [-0.2, -0.15) is 8.42 Å². The Labute approximate surface area is 112 Å². The van der Waals surface area contributed by atoms with Crippen molar-refractivity contribution in [2.45, 2.75) is 64.3 Å². The van der Waals surface area contributed by atoms with Gasteiger partial charge in [0.15, 0.2) is 0 Å². The van der Waals surface area contributed by atoms with Gasteiger partial charge < -0.3 is 5.32 Å². The van der Waals surface area contributed by atoms with Crippen molar-refractivity contribution in [2.24, 2.45) is 0 Å². The summed E-state index contributed by atoms with van der Waals surface area (Å²) in [5.74, 6) is 0.157. The molecule has 1 fully saturated rings. The average Bonchev–Trinajstić information content (AvgIpc) is 2.36. The molecule has 0 atom stereocenters. The standard InChI is InChI=1S/C13H27NO3S/c1-2-3-7-12-18(15,16)17-11-10-14-13-8-5-4-6-9-13/h13-14H,2-12H2,1H3. The van der Waals surface area contributed by atoms with Crippen molar-refractivity contribution in [2.75, 3.05) is 18.9 Å². The normalized spacial score (nSPS) is 18.1. The molecule has 1 saturated carbocycles. The molecule has 0 aromatic carbocycles. The van der Waals surface area contributed by atoms with Gasteiger partial charge in [-0.25, -0.2) is 0 Å². The first-order valence-corrected chi connectivity index (χ1v) is 8.82. The third-order valence-corrected chi connectivity index (χ3v) is 4.72. The minimum atomic E-state index is -3.30. The average molecular weight is 277 g/mol. The molecule has 1 aliphatic carbocycles. The Kier molecular flexibility index (Phi) is 7.86. The smallest absolute Gasteiger partial charge is 0.267 e. The lowest BCUT2D eigenvalue weighted by Gasteiger charge is -2.22. The maximum Gasteiger partial charge on any atom is 0.267 e. The predicted molar refractivity (Wildman–Crippen MR) is 74.1 cm³/mol. The third kappa shape index (κ3) is 7.34.